The van der Waals surface area contributed by atoms with Crippen LogP contribution < -0.4 is 9.62 Å². The first kappa shape index (κ1) is 15.3. The zero-order valence-corrected chi connectivity index (χ0v) is 13.7. The van der Waals surface area contributed by atoms with Gasteiger partial charge in [0.15, 0.2) is 0 Å². The molecule has 3 aromatic rings. The fourth-order valence-electron chi connectivity index (χ4n) is 2.26. The molecule has 118 valence electrons. The highest BCUT2D eigenvalue weighted by Crippen LogP contribution is 2.22. The summed E-state index contributed by atoms with van der Waals surface area (Å²) in [6.07, 6.45) is 1.68. The largest absolute Gasteiger partial charge is 0.378 e. The molecular weight excluding hydrogens is 310 g/mol. The van der Waals surface area contributed by atoms with Crippen molar-refractivity contribution in [3.63, 3.8) is 0 Å². The number of pyridine rings is 1. The van der Waals surface area contributed by atoms with E-state index in [1.165, 1.54) is 0 Å². The zero-order chi connectivity index (χ0) is 16.4. The molecule has 23 heavy (non-hydrogen) atoms. The minimum Gasteiger partial charge on any atom is -0.378 e. The molecule has 0 atom stereocenters. The second kappa shape index (κ2) is 5.89. The fourth-order valence-corrected chi connectivity index (χ4v) is 3.36. The third kappa shape index (κ3) is 3.27. The van der Waals surface area contributed by atoms with Crippen LogP contribution in [0.25, 0.3) is 10.9 Å². The van der Waals surface area contributed by atoms with Crippen molar-refractivity contribution in [1.29, 1.82) is 0 Å². The SMILES string of the molecule is CN(C)c1ccc(NS(=O)(=O)c2ccc3ncccc3c2)cc1. The van der Waals surface area contributed by atoms with Gasteiger partial charge < -0.3 is 4.90 Å². The van der Waals surface area contributed by atoms with Crippen molar-refractivity contribution in [2.24, 2.45) is 0 Å². The lowest BCUT2D eigenvalue weighted by Gasteiger charge is -2.13. The van der Waals surface area contributed by atoms with Crippen LogP contribution in [0.3, 0.4) is 0 Å². The lowest BCUT2D eigenvalue weighted by atomic mass is 10.2. The first-order valence-electron chi connectivity index (χ1n) is 7.11. The van der Waals surface area contributed by atoms with Gasteiger partial charge in [0.05, 0.1) is 10.4 Å². The molecule has 1 aromatic heterocycles. The van der Waals surface area contributed by atoms with E-state index in [0.29, 0.717) is 5.69 Å². The van der Waals surface area contributed by atoms with Crippen molar-refractivity contribution in [3.05, 3.63) is 60.8 Å². The lowest BCUT2D eigenvalue weighted by molar-refractivity contribution is 0.601. The molecule has 1 heterocycles. The Kier molecular flexibility index (Phi) is 3.92. The number of aromatic nitrogens is 1. The predicted octanol–water partition coefficient (Wildman–Crippen LogP) is 3.10. The Bertz CT molecular complexity index is 935. The first-order chi connectivity index (χ1) is 11.0. The van der Waals surface area contributed by atoms with Gasteiger partial charge in [-0.05, 0) is 48.5 Å². The summed E-state index contributed by atoms with van der Waals surface area (Å²) >= 11 is 0. The van der Waals surface area contributed by atoms with Crippen LogP contribution in [-0.4, -0.2) is 27.5 Å². The van der Waals surface area contributed by atoms with Crippen molar-refractivity contribution in [1.82, 2.24) is 4.98 Å². The van der Waals surface area contributed by atoms with Crippen LogP contribution in [0.15, 0.2) is 65.7 Å². The number of anilines is 2. The number of rotatable bonds is 4. The van der Waals surface area contributed by atoms with Crippen molar-refractivity contribution < 1.29 is 8.42 Å². The maximum atomic E-state index is 12.5. The van der Waals surface area contributed by atoms with Gasteiger partial charge in [-0.2, -0.15) is 0 Å². The van der Waals surface area contributed by atoms with Crippen molar-refractivity contribution >= 4 is 32.3 Å². The Labute approximate surface area is 135 Å². The van der Waals surface area contributed by atoms with Crippen LogP contribution in [-0.2, 0) is 10.0 Å². The molecule has 0 unspecified atom stereocenters. The molecule has 0 bridgehead atoms. The maximum Gasteiger partial charge on any atom is 0.261 e. The minimum atomic E-state index is -3.63. The van der Waals surface area contributed by atoms with Crippen LogP contribution in [0, 0.1) is 0 Å². The Hall–Kier alpha value is -2.60. The second-order valence-electron chi connectivity index (χ2n) is 5.40. The highest BCUT2D eigenvalue weighted by Gasteiger charge is 2.14. The summed E-state index contributed by atoms with van der Waals surface area (Å²) in [5, 5.41) is 0.790. The van der Waals surface area contributed by atoms with E-state index in [4.69, 9.17) is 0 Å². The average molecular weight is 327 g/mol. The molecule has 0 aliphatic carbocycles. The molecule has 3 rings (SSSR count). The quantitative estimate of drug-likeness (QED) is 0.800. The van der Waals surface area contributed by atoms with E-state index in [9.17, 15) is 8.42 Å². The molecule has 0 saturated heterocycles. The molecule has 5 nitrogen and oxygen atoms in total. The van der Waals surface area contributed by atoms with Gasteiger partial charge in [0, 0.05) is 37.1 Å². The Morgan fingerprint density at radius 2 is 1.74 bits per heavy atom. The predicted molar refractivity (Wildman–Crippen MR) is 93.3 cm³/mol. The minimum absolute atomic E-state index is 0.217. The highest BCUT2D eigenvalue weighted by molar-refractivity contribution is 7.92. The number of benzene rings is 2. The van der Waals surface area contributed by atoms with E-state index in [0.717, 1.165) is 16.6 Å². The van der Waals surface area contributed by atoms with E-state index >= 15 is 0 Å². The highest BCUT2D eigenvalue weighted by atomic mass is 32.2. The standard InChI is InChI=1S/C17H17N3O2S/c1-20(2)15-7-5-14(6-8-15)19-23(21,22)16-9-10-17-13(12-16)4-3-11-18-17/h3-12,19H,1-2H3. The number of fused-ring (bicyclic) bond motifs is 1. The van der Waals surface area contributed by atoms with Gasteiger partial charge in [0.1, 0.15) is 0 Å². The van der Waals surface area contributed by atoms with Crippen LogP contribution in [0.1, 0.15) is 0 Å². The molecule has 0 saturated carbocycles. The molecule has 0 aliphatic rings. The summed E-state index contributed by atoms with van der Waals surface area (Å²) in [5.41, 5.74) is 2.30. The summed E-state index contributed by atoms with van der Waals surface area (Å²) < 4.78 is 27.6. The zero-order valence-electron chi connectivity index (χ0n) is 12.9. The van der Waals surface area contributed by atoms with Gasteiger partial charge in [-0.3, -0.25) is 9.71 Å². The molecule has 2 aromatic carbocycles. The molecule has 0 aliphatic heterocycles. The normalized spacial score (nSPS) is 11.4. The van der Waals surface area contributed by atoms with Gasteiger partial charge in [-0.15, -0.1) is 0 Å². The monoisotopic (exact) mass is 327 g/mol. The second-order valence-corrected chi connectivity index (χ2v) is 7.09. The fraction of sp³-hybridized carbons (Fsp3) is 0.118. The van der Waals surface area contributed by atoms with Crippen LogP contribution in [0.4, 0.5) is 11.4 Å². The molecule has 1 N–H and O–H groups in total. The number of hydrogen-bond donors (Lipinski definition) is 1. The van der Waals surface area contributed by atoms with E-state index in [2.05, 4.69) is 9.71 Å². The van der Waals surface area contributed by atoms with Crippen molar-refractivity contribution in [2.75, 3.05) is 23.7 Å². The third-order valence-corrected chi connectivity index (χ3v) is 4.90. The van der Waals surface area contributed by atoms with Gasteiger partial charge in [-0.25, -0.2) is 8.42 Å². The van der Waals surface area contributed by atoms with Crippen LogP contribution >= 0.6 is 0 Å². The molecular formula is C17H17N3O2S. The summed E-state index contributed by atoms with van der Waals surface area (Å²) in [5.74, 6) is 0. The average Bonchev–Trinajstić information content (AvgIpc) is 2.54. The number of hydrogen-bond acceptors (Lipinski definition) is 4. The molecule has 0 radical (unpaired) electrons. The molecule has 0 fully saturated rings. The Morgan fingerprint density at radius 3 is 2.43 bits per heavy atom. The summed E-state index contributed by atoms with van der Waals surface area (Å²) in [6, 6.07) is 15.7. The van der Waals surface area contributed by atoms with Crippen molar-refractivity contribution in [3.8, 4) is 0 Å². The van der Waals surface area contributed by atoms with Gasteiger partial charge >= 0.3 is 0 Å². The number of nitrogens with one attached hydrogen (secondary N) is 1. The lowest BCUT2D eigenvalue weighted by Crippen LogP contribution is -2.13. The van der Waals surface area contributed by atoms with Crippen LogP contribution in [0.2, 0.25) is 0 Å². The van der Waals surface area contributed by atoms with E-state index in [1.54, 1.807) is 42.6 Å². The summed E-state index contributed by atoms with van der Waals surface area (Å²) in [6.45, 7) is 0. The summed E-state index contributed by atoms with van der Waals surface area (Å²) in [4.78, 5) is 6.36. The molecule has 6 heteroatoms. The third-order valence-electron chi connectivity index (χ3n) is 3.52. The topological polar surface area (TPSA) is 62.3 Å². The van der Waals surface area contributed by atoms with E-state index < -0.39 is 10.0 Å². The first-order valence-corrected chi connectivity index (χ1v) is 8.59. The molecule has 0 amide bonds. The van der Waals surface area contributed by atoms with Gasteiger partial charge in [0.25, 0.3) is 10.0 Å². The van der Waals surface area contributed by atoms with Gasteiger partial charge in [0.2, 0.25) is 0 Å². The number of nitrogens with zero attached hydrogens (tertiary/aromatic N) is 2. The van der Waals surface area contributed by atoms with Crippen LogP contribution in [0.5, 0.6) is 0 Å². The van der Waals surface area contributed by atoms with Gasteiger partial charge in [-0.1, -0.05) is 6.07 Å². The van der Waals surface area contributed by atoms with E-state index in [-0.39, 0.29) is 4.90 Å². The Balaban J connectivity index is 1.90. The number of sulfonamides is 1. The smallest absolute Gasteiger partial charge is 0.261 e. The molecule has 0 spiro atoms. The van der Waals surface area contributed by atoms with E-state index in [1.807, 2.05) is 37.2 Å². The maximum absolute atomic E-state index is 12.5. The summed E-state index contributed by atoms with van der Waals surface area (Å²) in [7, 11) is 0.236. The van der Waals surface area contributed by atoms with Crippen molar-refractivity contribution in [2.45, 2.75) is 4.90 Å². The Morgan fingerprint density at radius 1 is 1.00 bits per heavy atom.